The average molecular weight is 178 g/mol. The Balaban J connectivity index is 2.31. The van der Waals surface area contributed by atoms with Crippen LogP contribution in [0.5, 0.6) is 5.75 Å². The third-order valence-electron chi connectivity index (χ3n) is 2.31. The minimum absolute atomic E-state index is 0.0971. The molecule has 1 heterocycles. The Hall–Kier alpha value is -1.22. The van der Waals surface area contributed by atoms with E-state index in [-0.39, 0.29) is 6.23 Å². The fourth-order valence-electron chi connectivity index (χ4n) is 1.56. The number of anilines is 1. The first kappa shape index (κ1) is 8.38. The number of hydrogen-bond donors (Lipinski definition) is 1. The van der Waals surface area contributed by atoms with Crippen molar-refractivity contribution in [3.05, 3.63) is 24.3 Å². The van der Waals surface area contributed by atoms with E-state index in [0.29, 0.717) is 0 Å². The molecule has 1 aliphatic heterocycles. The maximum Gasteiger partial charge on any atom is 0.167 e. The molecular weight excluding hydrogens is 164 g/mol. The second-order valence-corrected chi connectivity index (χ2v) is 3.24. The van der Waals surface area contributed by atoms with E-state index in [2.05, 4.69) is 23.3 Å². The number of nitrogens with one attached hydrogen (secondary N) is 1. The van der Waals surface area contributed by atoms with Crippen LogP contribution in [0.1, 0.15) is 0 Å². The molecule has 1 aliphatic rings. The molecule has 1 unspecified atom stereocenters. The lowest BCUT2D eigenvalue weighted by molar-refractivity contribution is 0.169. The van der Waals surface area contributed by atoms with E-state index in [0.717, 1.165) is 18.0 Å². The molecule has 2 rings (SSSR count). The molecular formula is C10H14N2O. The van der Waals surface area contributed by atoms with Crippen LogP contribution in [0.25, 0.3) is 0 Å². The molecule has 70 valence electrons. The summed E-state index contributed by atoms with van der Waals surface area (Å²) in [5.74, 6) is 0.954. The van der Waals surface area contributed by atoms with E-state index in [4.69, 9.17) is 4.74 Å². The number of fused-ring (bicyclic) bond motifs is 1. The molecule has 1 atom stereocenters. The van der Waals surface area contributed by atoms with Crippen molar-refractivity contribution in [2.45, 2.75) is 6.23 Å². The fourth-order valence-corrected chi connectivity index (χ4v) is 1.56. The highest BCUT2D eigenvalue weighted by atomic mass is 16.5. The number of para-hydroxylation sites is 2. The summed E-state index contributed by atoms with van der Waals surface area (Å²) >= 11 is 0. The van der Waals surface area contributed by atoms with Gasteiger partial charge in [0, 0.05) is 7.05 Å². The van der Waals surface area contributed by atoms with Gasteiger partial charge in [-0.25, -0.2) is 0 Å². The lowest BCUT2D eigenvalue weighted by Crippen LogP contribution is -2.45. The van der Waals surface area contributed by atoms with Gasteiger partial charge in [0.1, 0.15) is 5.75 Å². The van der Waals surface area contributed by atoms with Crippen molar-refractivity contribution in [2.24, 2.45) is 0 Å². The van der Waals surface area contributed by atoms with Crippen LogP contribution in [0, 0.1) is 0 Å². The highest BCUT2D eigenvalue weighted by molar-refractivity contribution is 5.59. The third kappa shape index (κ3) is 1.47. The molecule has 0 bridgehead atoms. The van der Waals surface area contributed by atoms with Gasteiger partial charge in [-0.1, -0.05) is 12.1 Å². The molecule has 0 fully saturated rings. The molecule has 0 saturated heterocycles. The van der Waals surface area contributed by atoms with Crippen LogP contribution >= 0.6 is 0 Å². The minimum Gasteiger partial charge on any atom is -0.471 e. The van der Waals surface area contributed by atoms with E-state index >= 15 is 0 Å². The second-order valence-electron chi connectivity index (χ2n) is 3.24. The quantitative estimate of drug-likeness (QED) is 0.696. The Bertz CT molecular complexity index is 301. The van der Waals surface area contributed by atoms with Gasteiger partial charge in [0.25, 0.3) is 0 Å². The fraction of sp³-hybridized carbons (Fsp3) is 0.400. The van der Waals surface area contributed by atoms with Gasteiger partial charge in [-0.15, -0.1) is 0 Å². The Morgan fingerprint density at radius 1 is 1.46 bits per heavy atom. The monoisotopic (exact) mass is 178 g/mol. The van der Waals surface area contributed by atoms with Crippen molar-refractivity contribution in [3.63, 3.8) is 0 Å². The Labute approximate surface area is 78.3 Å². The summed E-state index contributed by atoms with van der Waals surface area (Å²) in [6.07, 6.45) is 0.0971. The van der Waals surface area contributed by atoms with Gasteiger partial charge in [0.15, 0.2) is 6.23 Å². The number of nitrogens with zero attached hydrogens (tertiary/aromatic N) is 1. The second kappa shape index (κ2) is 3.26. The first-order valence-electron chi connectivity index (χ1n) is 4.45. The summed E-state index contributed by atoms with van der Waals surface area (Å²) in [5.41, 5.74) is 1.16. The molecule has 1 aromatic rings. The summed E-state index contributed by atoms with van der Waals surface area (Å²) in [6.45, 7) is 0.882. The Morgan fingerprint density at radius 3 is 3.00 bits per heavy atom. The normalized spacial score (nSPS) is 20.8. The van der Waals surface area contributed by atoms with Gasteiger partial charge >= 0.3 is 0 Å². The Kier molecular flexibility index (Phi) is 2.10. The standard InChI is InChI=1S/C10H14N2O/c1-11-10-7-12(2)8-5-3-4-6-9(8)13-10/h3-6,10-11H,7H2,1-2H3. The van der Waals surface area contributed by atoms with E-state index < -0.39 is 0 Å². The topological polar surface area (TPSA) is 24.5 Å². The van der Waals surface area contributed by atoms with E-state index in [1.54, 1.807) is 0 Å². The van der Waals surface area contributed by atoms with Crippen molar-refractivity contribution in [2.75, 3.05) is 25.5 Å². The zero-order valence-corrected chi connectivity index (χ0v) is 7.95. The number of rotatable bonds is 1. The third-order valence-corrected chi connectivity index (χ3v) is 2.31. The molecule has 0 radical (unpaired) electrons. The predicted molar refractivity (Wildman–Crippen MR) is 53.2 cm³/mol. The zero-order chi connectivity index (χ0) is 9.26. The molecule has 1 aromatic carbocycles. The highest BCUT2D eigenvalue weighted by Gasteiger charge is 2.20. The van der Waals surface area contributed by atoms with Crippen LogP contribution < -0.4 is 15.0 Å². The number of ether oxygens (including phenoxy) is 1. The summed E-state index contributed by atoms with van der Waals surface area (Å²) < 4.78 is 5.70. The molecule has 13 heavy (non-hydrogen) atoms. The molecule has 0 aromatic heterocycles. The first-order valence-corrected chi connectivity index (χ1v) is 4.45. The van der Waals surface area contributed by atoms with Crippen LogP contribution in [0.3, 0.4) is 0 Å². The van der Waals surface area contributed by atoms with E-state index in [9.17, 15) is 0 Å². The van der Waals surface area contributed by atoms with Crippen molar-refractivity contribution >= 4 is 5.69 Å². The van der Waals surface area contributed by atoms with Crippen LogP contribution in [0.15, 0.2) is 24.3 Å². The molecule has 3 nitrogen and oxygen atoms in total. The lowest BCUT2D eigenvalue weighted by atomic mass is 10.2. The smallest absolute Gasteiger partial charge is 0.167 e. The first-order chi connectivity index (χ1) is 6.31. The number of likely N-dealkylation sites (N-methyl/N-ethyl adjacent to an activating group) is 2. The molecule has 1 N–H and O–H groups in total. The highest BCUT2D eigenvalue weighted by Crippen LogP contribution is 2.30. The number of benzene rings is 1. The van der Waals surface area contributed by atoms with Crippen LogP contribution in [0.4, 0.5) is 5.69 Å². The maximum absolute atomic E-state index is 5.70. The molecule has 0 saturated carbocycles. The van der Waals surface area contributed by atoms with Crippen LogP contribution in [-0.2, 0) is 0 Å². The largest absolute Gasteiger partial charge is 0.471 e. The molecule has 3 heteroatoms. The summed E-state index contributed by atoms with van der Waals surface area (Å²) in [6, 6.07) is 8.08. The maximum atomic E-state index is 5.70. The SMILES string of the molecule is CNC1CN(C)c2ccccc2O1. The van der Waals surface area contributed by atoms with Crippen molar-refractivity contribution < 1.29 is 4.74 Å². The van der Waals surface area contributed by atoms with Crippen LogP contribution in [0.2, 0.25) is 0 Å². The van der Waals surface area contributed by atoms with Crippen molar-refractivity contribution in [3.8, 4) is 5.75 Å². The minimum atomic E-state index is 0.0971. The van der Waals surface area contributed by atoms with Gasteiger partial charge in [-0.05, 0) is 19.2 Å². The molecule has 0 aliphatic carbocycles. The summed E-state index contributed by atoms with van der Waals surface area (Å²) in [4.78, 5) is 2.19. The molecule has 0 amide bonds. The van der Waals surface area contributed by atoms with Gasteiger partial charge in [-0.2, -0.15) is 0 Å². The summed E-state index contributed by atoms with van der Waals surface area (Å²) in [7, 11) is 3.98. The van der Waals surface area contributed by atoms with Gasteiger partial charge in [0.05, 0.1) is 12.2 Å². The lowest BCUT2D eigenvalue weighted by Gasteiger charge is -2.33. The van der Waals surface area contributed by atoms with E-state index in [1.807, 2.05) is 25.2 Å². The van der Waals surface area contributed by atoms with Crippen LogP contribution in [-0.4, -0.2) is 26.9 Å². The Morgan fingerprint density at radius 2 is 2.23 bits per heavy atom. The number of hydrogen-bond acceptors (Lipinski definition) is 3. The molecule has 0 spiro atoms. The van der Waals surface area contributed by atoms with E-state index in [1.165, 1.54) is 0 Å². The van der Waals surface area contributed by atoms with Gasteiger partial charge in [0.2, 0.25) is 0 Å². The summed E-state index contributed by atoms with van der Waals surface area (Å²) in [5, 5.41) is 3.11. The van der Waals surface area contributed by atoms with Crippen molar-refractivity contribution in [1.29, 1.82) is 0 Å². The van der Waals surface area contributed by atoms with Gasteiger partial charge in [-0.3, -0.25) is 5.32 Å². The predicted octanol–water partition coefficient (Wildman–Crippen LogP) is 1.06. The van der Waals surface area contributed by atoms with Crippen molar-refractivity contribution in [1.82, 2.24) is 5.32 Å². The van der Waals surface area contributed by atoms with Gasteiger partial charge < -0.3 is 9.64 Å². The zero-order valence-electron chi connectivity index (χ0n) is 7.95. The average Bonchev–Trinajstić information content (AvgIpc) is 2.18.